The molecule has 5 heteroatoms. The van der Waals surface area contributed by atoms with Crippen LogP contribution in [0.1, 0.15) is 24.4 Å². The van der Waals surface area contributed by atoms with Gasteiger partial charge in [-0.1, -0.05) is 41.9 Å². The van der Waals surface area contributed by atoms with E-state index in [1.54, 1.807) is 47.4 Å². The van der Waals surface area contributed by atoms with Crippen LogP contribution in [0.4, 0.5) is 14.9 Å². The third-order valence-electron chi connectivity index (χ3n) is 3.89. The SMILES string of the molecule is O=C(Nc1ccccc1Cl)N1CCC[C@H]1c1ccccc1F. The highest BCUT2D eigenvalue weighted by molar-refractivity contribution is 6.33. The highest BCUT2D eigenvalue weighted by Gasteiger charge is 2.31. The summed E-state index contributed by atoms with van der Waals surface area (Å²) in [5.41, 5.74) is 1.13. The van der Waals surface area contributed by atoms with E-state index in [1.165, 1.54) is 6.07 Å². The molecule has 0 aromatic heterocycles. The Morgan fingerprint density at radius 2 is 1.91 bits per heavy atom. The molecular weight excluding hydrogens is 303 g/mol. The maximum Gasteiger partial charge on any atom is 0.322 e. The summed E-state index contributed by atoms with van der Waals surface area (Å²) in [6.45, 7) is 0.606. The van der Waals surface area contributed by atoms with Gasteiger partial charge in [-0.15, -0.1) is 0 Å². The number of benzene rings is 2. The zero-order valence-corrected chi connectivity index (χ0v) is 12.7. The molecule has 0 unspecified atom stereocenters. The van der Waals surface area contributed by atoms with Crippen LogP contribution in [0.2, 0.25) is 5.02 Å². The van der Waals surface area contributed by atoms with Crippen LogP contribution in [0.15, 0.2) is 48.5 Å². The van der Waals surface area contributed by atoms with Crippen molar-refractivity contribution in [1.82, 2.24) is 4.90 Å². The van der Waals surface area contributed by atoms with Crippen molar-refractivity contribution in [2.75, 3.05) is 11.9 Å². The van der Waals surface area contributed by atoms with Gasteiger partial charge in [0.2, 0.25) is 0 Å². The van der Waals surface area contributed by atoms with Gasteiger partial charge in [-0.05, 0) is 31.0 Å². The maximum atomic E-state index is 14.0. The molecule has 1 atom stereocenters. The molecule has 2 amide bonds. The molecule has 3 rings (SSSR count). The Kier molecular flexibility index (Phi) is 4.29. The minimum absolute atomic E-state index is 0.233. The van der Waals surface area contributed by atoms with Crippen LogP contribution in [0.5, 0.6) is 0 Å². The van der Waals surface area contributed by atoms with Gasteiger partial charge in [-0.3, -0.25) is 0 Å². The molecular formula is C17H16ClFN2O. The van der Waals surface area contributed by atoms with E-state index in [0.29, 0.717) is 22.8 Å². The number of nitrogens with zero attached hydrogens (tertiary/aromatic N) is 1. The van der Waals surface area contributed by atoms with Crippen LogP contribution in [-0.2, 0) is 0 Å². The fraction of sp³-hybridized carbons (Fsp3) is 0.235. The van der Waals surface area contributed by atoms with Crippen molar-refractivity contribution in [3.05, 3.63) is 64.9 Å². The molecule has 1 N–H and O–H groups in total. The monoisotopic (exact) mass is 318 g/mol. The number of hydrogen-bond acceptors (Lipinski definition) is 1. The van der Waals surface area contributed by atoms with Gasteiger partial charge in [0.15, 0.2) is 0 Å². The Bertz CT molecular complexity index is 692. The summed E-state index contributed by atoms with van der Waals surface area (Å²) in [4.78, 5) is 14.2. The number of likely N-dealkylation sites (tertiary alicyclic amines) is 1. The molecule has 1 aliphatic heterocycles. The van der Waals surface area contributed by atoms with Crippen molar-refractivity contribution in [2.45, 2.75) is 18.9 Å². The lowest BCUT2D eigenvalue weighted by molar-refractivity contribution is 0.206. The Morgan fingerprint density at radius 1 is 1.18 bits per heavy atom. The van der Waals surface area contributed by atoms with E-state index in [-0.39, 0.29) is 17.9 Å². The molecule has 2 aromatic carbocycles. The number of carbonyl (C=O) groups is 1. The second-order valence-electron chi connectivity index (χ2n) is 5.28. The van der Waals surface area contributed by atoms with Crippen LogP contribution in [-0.4, -0.2) is 17.5 Å². The number of carbonyl (C=O) groups excluding carboxylic acids is 1. The first-order chi connectivity index (χ1) is 10.7. The molecule has 114 valence electrons. The molecule has 2 aromatic rings. The van der Waals surface area contributed by atoms with Crippen molar-refractivity contribution in [1.29, 1.82) is 0 Å². The predicted molar refractivity (Wildman–Crippen MR) is 85.6 cm³/mol. The van der Waals surface area contributed by atoms with E-state index in [2.05, 4.69) is 5.32 Å². The van der Waals surface area contributed by atoms with Gasteiger partial charge < -0.3 is 10.2 Å². The maximum absolute atomic E-state index is 14.0. The third-order valence-corrected chi connectivity index (χ3v) is 4.22. The Balaban J connectivity index is 1.80. The summed E-state index contributed by atoms with van der Waals surface area (Å²) in [5, 5.41) is 3.29. The number of hydrogen-bond donors (Lipinski definition) is 1. The summed E-state index contributed by atoms with van der Waals surface area (Å²) in [7, 11) is 0. The second kappa shape index (κ2) is 6.36. The lowest BCUT2D eigenvalue weighted by atomic mass is 10.0. The standard InChI is InChI=1S/C17H16ClFN2O/c18-13-7-2-4-9-15(13)20-17(22)21-11-5-10-16(21)12-6-1-3-8-14(12)19/h1-4,6-9,16H,5,10-11H2,(H,20,22)/t16-/m0/s1. The minimum Gasteiger partial charge on any atom is -0.317 e. The minimum atomic E-state index is -0.273. The Labute approximate surface area is 133 Å². The molecule has 0 radical (unpaired) electrons. The number of halogens is 2. The zero-order valence-electron chi connectivity index (χ0n) is 11.9. The summed E-state index contributed by atoms with van der Waals surface area (Å²) in [6.07, 6.45) is 1.62. The van der Waals surface area contributed by atoms with E-state index in [9.17, 15) is 9.18 Å². The molecule has 3 nitrogen and oxygen atoms in total. The van der Waals surface area contributed by atoms with Gasteiger partial charge >= 0.3 is 6.03 Å². The molecule has 1 fully saturated rings. The van der Waals surface area contributed by atoms with Crippen molar-refractivity contribution in [3.8, 4) is 0 Å². The quantitative estimate of drug-likeness (QED) is 0.843. The van der Waals surface area contributed by atoms with E-state index in [1.807, 2.05) is 0 Å². The molecule has 0 aliphatic carbocycles. The normalized spacial score (nSPS) is 17.5. The van der Waals surface area contributed by atoms with Gasteiger partial charge in [-0.25, -0.2) is 9.18 Å². The molecule has 0 saturated carbocycles. The van der Waals surface area contributed by atoms with Crippen molar-refractivity contribution >= 4 is 23.3 Å². The number of para-hydroxylation sites is 1. The number of amides is 2. The van der Waals surface area contributed by atoms with E-state index in [0.717, 1.165) is 12.8 Å². The Morgan fingerprint density at radius 3 is 2.68 bits per heavy atom. The number of nitrogens with one attached hydrogen (secondary N) is 1. The largest absolute Gasteiger partial charge is 0.322 e. The molecule has 1 aliphatic rings. The number of rotatable bonds is 2. The molecule has 1 saturated heterocycles. The average molecular weight is 319 g/mol. The first-order valence-corrected chi connectivity index (χ1v) is 7.61. The third kappa shape index (κ3) is 2.92. The summed E-state index contributed by atoms with van der Waals surface area (Å²) >= 11 is 6.06. The first-order valence-electron chi connectivity index (χ1n) is 7.23. The molecule has 0 spiro atoms. The first kappa shape index (κ1) is 14.9. The molecule has 0 bridgehead atoms. The lowest BCUT2D eigenvalue weighted by Gasteiger charge is -2.25. The van der Waals surface area contributed by atoms with Gasteiger partial charge in [-0.2, -0.15) is 0 Å². The Hall–Kier alpha value is -2.07. The summed E-state index contributed by atoms with van der Waals surface area (Å²) in [5.74, 6) is -0.273. The van der Waals surface area contributed by atoms with Crippen molar-refractivity contribution < 1.29 is 9.18 Å². The summed E-state index contributed by atoms with van der Waals surface area (Å²) in [6, 6.07) is 13.2. The predicted octanol–water partition coefficient (Wildman–Crippen LogP) is 4.85. The van der Waals surface area contributed by atoms with Crippen LogP contribution in [0.3, 0.4) is 0 Å². The number of urea groups is 1. The van der Waals surface area contributed by atoms with Crippen molar-refractivity contribution in [3.63, 3.8) is 0 Å². The average Bonchev–Trinajstić information content (AvgIpc) is 2.99. The smallest absolute Gasteiger partial charge is 0.317 e. The lowest BCUT2D eigenvalue weighted by Crippen LogP contribution is -2.34. The topological polar surface area (TPSA) is 32.3 Å². The number of anilines is 1. The van der Waals surface area contributed by atoms with Crippen LogP contribution >= 0.6 is 11.6 Å². The molecule has 22 heavy (non-hydrogen) atoms. The molecule has 1 heterocycles. The highest BCUT2D eigenvalue weighted by Crippen LogP contribution is 2.34. The van der Waals surface area contributed by atoms with Crippen molar-refractivity contribution in [2.24, 2.45) is 0 Å². The second-order valence-corrected chi connectivity index (χ2v) is 5.69. The summed E-state index contributed by atoms with van der Waals surface area (Å²) < 4.78 is 14.0. The van der Waals surface area contributed by atoms with Crippen LogP contribution in [0, 0.1) is 5.82 Å². The van der Waals surface area contributed by atoms with E-state index in [4.69, 9.17) is 11.6 Å². The van der Waals surface area contributed by atoms with E-state index < -0.39 is 0 Å². The zero-order chi connectivity index (χ0) is 15.5. The van der Waals surface area contributed by atoms with Crippen LogP contribution < -0.4 is 5.32 Å². The fourth-order valence-electron chi connectivity index (χ4n) is 2.83. The van der Waals surface area contributed by atoms with Gasteiger partial charge in [0.1, 0.15) is 5.82 Å². The van der Waals surface area contributed by atoms with Crippen LogP contribution in [0.25, 0.3) is 0 Å². The van der Waals surface area contributed by atoms with Gasteiger partial charge in [0.25, 0.3) is 0 Å². The van der Waals surface area contributed by atoms with E-state index >= 15 is 0 Å². The van der Waals surface area contributed by atoms with Gasteiger partial charge in [0.05, 0.1) is 16.8 Å². The fourth-order valence-corrected chi connectivity index (χ4v) is 3.01. The van der Waals surface area contributed by atoms with Gasteiger partial charge in [0, 0.05) is 12.1 Å². The highest BCUT2D eigenvalue weighted by atomic mass is 35.5.